The summed E-state index contributed by atoms with van der Waals surface area (Å²) in [7, 11) is 0. The minimum atomic E-state index is -0.456. The largest absolute Gasteiger partial charge is 0.489 e. The minimum absolute atomic E-state index is 0.143. The Morgan fingerprint density at radius 3 is 2.72 bits per heavy atom. The Bertz CT molecular complexity index is 813. The number of ether oxygens (including phenoxy) is 1. The molecule has 25 heavy (non-hydrogen) atoms. The van der Waals surface area contributed by atoms with Gasteiger partial charge in [-0.15, -0.1) is 0 Å². The first kappa shape index (κ1) is 16.6. The molecule has 1 aliphatic heterocycles. The molecule has 1 aromatic carbocycles. The summed E-state index contributed by atoms with van der Waals surface area (Å²) in [6.07, 6.45) is 1.64. The van der Waals surface area contributed by atoms with E-state index in [1.165, 1.54) is 0 Å². The number of benzene rings is 1. The van der Waals surface area contributed by atoms with Crippen LogP contribution < -0.4 is 15.4 Å². The molecule has 5 nitrogen and oxygen atoms in total. The summed E-state index contributed by atoms with van der Waals surface area (Å²) in [5.74, 6) is 2.01. The van der Waals surface area contributed by atoms with E-state index in [0.29, 0.717) is 29.3 Å². The van der Waals surface area contributed by atoms with Crippen LogP contribution in [0.1, 0.15) is 13.8 Å². The SMILES string of the molecule is CC(C)(COc1cnc(Cl)c2ccccc12)NC(=O)C1[C@H]2CNC[C@@H]12. The number of rotatable bonds is 5. The Labute approximate surface area is 152 Å². The van der Waals surface area contributed by atoms with Crippen molar-refractivity contribution in [3.63, 3.8) is 0 Å². The summed E-state index contributed by atoms with van der Waals surface area (Å²) >= 11 is 6.15. The Morgan fingerprint density at radius 1 is 1.32 bits per heavy atom. The Kier molecular flexibility index (Phi) is 4.08. The average Bonchev–Trinajstić information content (AvgIpc) is 3.08. The second-order valence-corrected chi connectivity index (χ2v) is 7.99. The van der Waals surface area contributed by atoms with E-state index in [1.807, 2.05) is 38.1 Å². The van der Waals surface area contributed by atoms with Crippen molar-refractivity contribution in [2.75, 3.05) is 19.7 Å². The molecule has 2 heterocycles. The number of halogens is 1. The molecule has 2 aromatic rings. The van der Waals surface area contributed by atoms with E-state index in [9.17, 15) is 4.79 Å². The van der Waals surface area contributed by atoms with Crippen molar-refractivity contribution in [2.24, 2.45) is 17.8 Å². The van der Waals surface area contributed by atoms with Gasteiger partial charge in [-0.25, -0.2) is 4.98 Å². The normalized spacial score (nSPS) is 24.8. The van der Waals surface area contributed by atoms with Gasteiger partial charge >= 0.3 is 0 Å². The summed E-state index contributed by atoms with van der Waals surface area (Å²) in [6, 6.07) is 7.75. The van der Waals surface area contributed by atoms with Gasteiger partial charge in [0, 0.05) is 16.7 Å². The van der Waals surface area contributed by atoms with Crippen LogP contribution in [0.25, 0.3) is 10.8 Å². The predicted molar refractivity (Wildman–Crippen MR) is 97.8 cm³/mol. The smallest absolute Gasteiger partial charge is 0.224 e. The first-order valence-electron chi connectivity index (χ1n) is 8.65. The van der Waals surface area contributed by atoms with E-state index in [-0.39, 0.29) is 11.8 Å². The molecule has 1 aliphatic carbocycles. The summed E-state index contributed by atoms with van der Waals surface area (Å²) in [6.45, 7) is 6.25. The van der Waals surface area contributed by atoms with E-state index in [0.717, 1.165) is 23.9 Å². The Morgan fingerprint density at radius 2 is 2.00 bits per heavy atom. The van der Waals surface area contributed by atoms with Crippen LogP contribution in [0, 0.1) is 17.8 Å². The molecule has 0 spiro atoms. The first-order chi connectivity index (χ1) is 12.0. The number of pyridine rings is 1. The molecule has 1 unspecified atom stereocenters. The van der Waals surface area contributed by atoms with Crippen LogP contribution in [0.15, 0.2) is 30.5 Å². The van der Waals surface area contributed by atoms with Gasteiger partial charge in [0.25, 0.3) is 0 Å². The van der Waals surface area contributed by atoms with Gasteiger partial charge in [0.05, 0.1) is 11.7 Å². The third-order valence-corrected chi connectivity index (χ3v) is 5.46. The number of nitrogens with zero attached hydrogens (tertiary/aromatic N) is 1. The van der Waals surface area contributed by atoms with Gasteiger partial charge in [0.2, 0.25) is 5.91 Å². The van der Waals surface area contributed by atoms with E-state index in [4.69, 9.17) is 16.3 Å². The molecule has 3 atom stereocenters. The minimum Gasteiger partial charge on any atom is -0.489 e. The number of hydrogen-bond acceptors (Lipinski definition) is 4. The zero-order chi connectivity index (χ0) is 17.6. The van der Waals surface area contributed by atoms with E-state index < -0.39 is 5.54 Å². The number of fused-ring (bicyclic) bond motifs is 2. The molecule has 2 N–H and O–H groups in total. The van der Waals surface area contributed by atoms with Crippen LogP contribution in [-0.2, 0) is 4.79 Å². The van der Waals surface area contributed by atoms with Crippen molar-refractivity contribution in [3.8, 4) is 5.75 Å². The fourth-order valence-corrected chi connectivity index (χ4v) is 3.98. The lowest BCUT2D eigenvalue weighted by Crippen LogP contribution is -2.49. The van der Waals surface area contributed by atoms with Gasteiger partial charge in [-0.1, -0.05) is 35.9 Å². The number of piperidine rings is 1. The highest BCUT2D eigenvalue weighted by molar-refractivity contribution is 6.34. The molecule has 1 saturated carbocycles. The predicted octanol–water partition coefficient (Wildman–Crippen LogP) is 2.63. The molecule has 1 aromatic heterocycles. The summed E-state index contributed by atoms with van der Waals surface area (Å²) in [5.41, 5.74) is -0.456. The van der Waals surface area contributed by atoms with Crippen molar-refractivity contribution in [3.05, 3.63) is 35.6 Å². The molecule has 1 saturated heterocycles. The molecule has 2 fully saturated rings. The van der Waals surface area contributed by atoms with Gasteiger partial charge in [-0.05, 0) is 38.8 Å². The average molecular weight is 360 g/mol. The molecular weight excluding hydrogens is 338 g/mol. The van der Waals surface area contributed by atoms with Gasteiger partial charge in [-0.3, -0.25) is 4.79 Å². The number of carbonyl (C=O) groups excluding carboxylic acids is 1. The van der Waals surface area contributed by atoms with Crippen LogP contribution in [0.2, 0.25) is 5.15 Å². The fraction of sp³-hybridized carbons (Fsp3) is 0.474. The van der Waals surface area contributed by atoms with Gasteiger partial charge in [0.1, 0.15) is 17.5 Å². The standard InChI is InChI=1S/C19H22ClN3O2/c1-19(2,23-18(24)16-13-7-21-8-14(13)16)10-25-15-9-22-17(20)12-6-4-3-5-11(12)15/h3-6,9,13-14,16,21H,7-8,10H2,1-2H3,(H,23,24)/t13-,14+,16?. The number of amides is 1. The fourth-order valence-electron chi connectivity index (χ4n) is 3.77. The maximum absolute atomic E-state index is 12.5. The molecule has 4 rings (SSSR count). The molecular formula is C19H22ClN3O2. The van der Waals surface area contributed by atoms with Crippen molar-refractivity contribution >= 4 is 28.3 Å². The van der Waals surface area contributed by atoms with Crippen molar-refractivity contribution < 1.29 is 9.53 Å². The van der Waals surface area contributed by atoms with Gasteiger partial charge in [-0.2, -0.15) is 0 Å². The lowest BCUT2D eigenvalue weighted by molar-refractivity contribution is -0.125. The topological polar surface area (TPSA) is 63.2 Å². The molecule has 1 amide bonds. The summed E-state index contributed by atoms with van der Waals surface area (Å²) < 4.78 is 5.99. The highest BCUT2D eigenvalue weighted by atomic mass is 35.5. The van der Waals surface area contributed by atoms with Crippen LogP contribution >= 0.6 is 11.6 Å². The lowest BCUT2D eigenvalue weighted by atomic mass is 10.1. The van der Waals surface area contributed by atoms with Crippen LogP contribution in [0.3, 0.4) is 0 Å². The third kappa shape index (κ3) is 3.18. The zero-order valence-corrected chi connectivity index (χ0v) is 15.1. The second kappa shape index (κ2) is 6.15. The van der Waals surface area contributed by atoms with Crippen LogP contribution in [-0.4, -0.2) is 36.1 Å². The summed E-state index contributed by atoms with van der Waals surface area (Å²) in [5, 5.41) is 8.70. The van der Waals surface area contributed by atoms with E-state index in [2.05, 4.69) is 15.6 Å². The van der Waals surface area contributed by atoms with E-state index in [1.54, 1.807) is 6.20 Å². The number of aromatic nitrogens is 1. The lowest BCUT2D eigenvalue weighted by Gasteiger charge is -2.27. The number of hydrogen-bond donors (Lipinski definition) is 2. The summed E-state index contributed by atoms with van der Waals surface area (Å²) in [4.78, 5) is 16.7. The quantitative estimate of drug-likeness (QED) is 0.805. The highest BCUT2D eigenvalue weighted by Crippen LogP contribution is 2.48. The Balaban J connectivity index is 1.42. The zero-order valence-electron chi connectivity index (χ0n) is 14.4. The first-order valence-corrected chi connectivity index (χ1v) is 9.03. The van der Waals surface area contributed by atoms with Crippen molar-refractivity contribution in [1.82, 2.24) is 15.6 Å². The molecule has 0 radical (unpaired) electrons. The van der Waals surface area contributed by atoms with Crippen molar-refractivity contribution in [2.45, 2.75) is 19.4 Å². The third-order valence-electron chi connectivity index (χ3n) is 5.15. The Hall–Kier alpha value is -1.85. The number of nitrogens with one attached hydrogen (secondary N) is 2. The highest BCUT2D eigenvalue weighted by Gasteiger charge is 2.57. The maximum atomic E-state index is 12.5. The molecule has 132 valence electrons. The van der Waals surface area contributed by atoms with Gasteiger partial charge < -0.3 is 15.4 Å². The second-order valence-electron chi connectivity index (χ2n) is 7.63. The number of carbonyl (C=O) groups is 1. The van der Waals surface area contributed by atoms with Gasteiger partial charge in [0.15, 0.2) is 0 Å². The monoisotopic (exact) mass is 359 g/mol. The van der Waals surface area contributed by atoms with E-state index >= 15 is 0 Å². The van der Waals surface area contributed by atoms with Crippen LogP contribution in [0.5, 0.6) is 5.75 Å². The maximum Gasteiger partial charge on any atom is 0.224 e. The van der Waals surface area contributed by atoms with Crippen LogP contribution in [0.4, 0.5) is 0 Å². The molecule has 0 bridgehead atoms. The molecule has 6 heteroatoms. The molecule has 2 aliphatic rings. The van der Waals surface area contributed by atoms with Crippen molar-refractivity contribution in [1.29, 1.82) is 0 Å².